The number of amides is 1. The van der Waals surface area contributed by atoms with Crippen LogP contribution in [0.2, 0.25) is 0 Å². The second kappa shape index (κ2) is 8.34. The summed E-state index contributed by atoms with van der Waals surface area (Å²) in [6.45, 7) is 1.07. The molecule has 0 spiro atoms. The number of hydrogen-bond acceptors (Lipinski definition) is 3. The Morgan fingerprint density at radius 1 is 1.22 bits per heavy atom. The molecule has 1 amide bonds. The number of alkyl carbamates (subject to hydrolysis) is 1. The van der Waals surface area contributed by atoms with Crippen molar-refractivity contribution in [1.29, 1.82) is 0 Å². The van der Waals surface area contributed by atoms with E-state index in [0.717, 1.165) is 24.5 Å². The number of carbonyl (C=O) groups excluding carboxylic acids is 1. The van der Waals surface area contributed by atoms with Crippen LogP contribution in [0.25, 0.3) is 0 Å². The normalized spacial score (nSPS) is 22.3. The van der Waals surface area contributed by atoms with E-state index in [2.05, 4.69) is 5.32 Å². The van der Waals surface area contributed by atoms with E-state index in [1.54, 1.807) is 0 Å². The minimum atomic E-state index is -0.335. The van der Waals surface area contributed by atoms with E-state index < -0.39 is 0 Å². The lowest BCUT2D eigenvalue weighted by atomic mass is 9.85. The van der Waals surface area contributed by atoms with Crippen molar-refractivity contribution < 1.29 is 14.3 Å². The Labute approximate surface area is 138 Å². The van der Waals surface area contributed by atoms with Crippen molar-refractivity contribution >= 4 is 6.09 Å². The van der Waals surface area contributed by atoms with Crippen molar-refractivity contribution in [2.75, 3.05) is 6.61 Å². The number of rotatable bonds is 7. The Kier molecular flexibility index (Phi) is 5.92. The molecule has 1 aliphatic heterocycles. The lowest BCUT2D eigenvalue weighted by Crippen LogP contribution is -2.39. The van der Waals surface area contributed by atoms with E-state index in [1.165, 1.54) is 38.5 Å². The molecule has 1 aromatic rings. The molecule has 4 nitrogen and oxygen atoms in total. The van der Waals surface area contributed by atoms with Crippen LogP contribution >= 0.6 is 0 Å². The van der Waals surface area contributed by atoms with Crippen LogP contribution in [0, 0.1) is 5.92 Å². The number of hydrogen-bond donors (Lipinski definition) is 1. The van der Waals surface area contributed by atoms with Crippen molar-refractivity contribution in [2.45, 2.75) is 63.7 Å². The molecule has 1 N–H and O–H groups in total. The minimum Gasteiger partial charge on any atom is -0.445 e. The van der Waals surface area contributed by atoms with Crippen LogP contribution in [0.4, 0.5) is 4.79 Å². The van der Waals surface area contributed by atoms with Gasteiger partial charge in [0.05, 0.1) is 12.6 Å². The summed E-state index contributed by atoms with van der Waals surface area (Å²) in [5, 5.41) is 3.00. The van der Waals surface area contributed by atoms with Gasteiger partial charge in [-0.3, -0.25) is 0 Å². The SMILES string of the molecule is O=C(N[C@H](CCC1CCCCC1)[C@H]1CO1)OCc1ccccc1. The van der Waals surface area contributed by atoms with Crippen LogP contribution in [0.1, 0.15) is 50.5 Å². The molecule has 0 aromatic heterocycles. The molecule has 4 heteroatoms. The maximum absolute atomic E-state index is 12.0. The smallest absolute Gasteiger partial charge is 0.407 e. The zero-order valence-electron chi connectivity index (χ0n) is 13.7. The summed E-state index contributed by atoms with van der Waals surface area (Å²) in [6.07, 6.45) is 8.83. The minimum absolute atomic E-state index is 0.0974. The van der Waals surface area contributed by atoms with E-state index >= 15 is 0 Å². The Morgan fingerprint density at radius 3 is 2.65 bits per heavy atom. The van der Waals surface area contributed by atoms with Crippen molar-refractivity contribution in [3.8, 4) is 0 Å². The van der Waals surface area contributed by atoms with E-state index in [-0.39, 0.29) is 18.2 Å². The Morgan fingerprint density at radius 2 is 1.96 bits per heavy atom. The first-order chi connectivity index (χ1) is 11.3. The summed E-state index contributed by atoms with van der Waals surface area (Å²) in [4.78, 5) is 12.0. The zero-order valence-corrected chi connectivity index (χ0v) is 13.7. The number of ether oxygens (including phenoxy) is 2. The molecule has 23 heavy (non-hydrogen) atoms. The largest absolute Gasteiger partial charge is 0.445 e. The van der Waals surface area contributed by atoms with Crippen LogP contribution in [0.15, 0.2) is 30.3 Å². The summed E-state index contributed by atoms with van der Waals surface area (Å²) in [5.41, 5.74) is 1.00. The van der Waals surface area contributed by atoms with Gasteiger partial charge < -0.3 is 14.8 Å². The van der Waals surface area contributed by atoms with Gasteiger partial charge in [0.2, 0.25) is 0 Å². The van der Waals surface area contributed by atoms with Gasteiger partial charge in [-0.05, 0) is 24.3 Å². The van der Waals surface area contributed by atoms with E-state index in [0.29, 0.717) is 6.61 Å². The van der Waals surface area contributed by atoms with Crippen molar-refractivity contribution in [3.05, 3.63) is 35.9 Å². The highest BCUT2D eigenvalue weighted by Gasteiger charge is 2.34. The summed E-state index contributed by atoms with van der Waals surface area (Å²) in [6, 6.07) is 9.86. The van der Waals surface area contributed by atoms with Gasteiger partial charge in [-0.1, -0.05) is 62.4 Å². The highest BCUT2D eigenvalue weighted by molar-refractivity contribution is 5.67. The molecule has 2 fully saturated rings. The molecule has 1 saturated carbocycles. The molecule has 1 heterocycles. The average molecular weight is 317 g/mol. The highest BCUT2D eigenvalue weighted by Crippen LogP contribution is 2.29. The molecule has 3 rings (SSSR count). The van der Waals surface area contributed by atoms with Crippen molar-refractivity contribution in [1.82, 2.24) is 5.32 Å². The van der Waals surface area contributed by atoms with Crippen LogP contribution in [-0.2, 0) is 16.1 Å². The van der Waals surface area contributed by atoms with Crippen LogP contribution in [0.3, 0.4) is 0 Å². The quantitative estimate of drug-likeness (QED) is 0.772. The number of epoxide rings is 1. The van der Waals surface area contributed by atoms with Gasteiger partial charge >= 0.3 is 6.09 Å². The van der Waals surface area contributed by atoms with Gasteiger partial charge in [-0.2, -0.15) is 0 Å². The molecule has 126 valence electrons. The first kappa shape index (κ1) is 16.3. The molecule has 1 aromatic carbocycles. The summed E-state index contributed by atoms with van der Waals surface area (Å²) in [7, 11) is 0. The first-order valence-corrected chi connectivity index (χ1v) is 8.90. The second-order valence-corrected chi connectivity index (χ2v) is 6.77. The lowest BCUT2D eigenvalue weighted by molar-refractivity contribution is 0.131. The summed E-state index contributed by atoms with van der Waals surface area (Å²) in [5.74, 6) is 0.826. The third-order valence-electron chi connectivity index (χ3n) is 4.93. The van der Waals surface area contributed by atoms with Gasteiger partial charge in [-0.15, -0.1) is 0 Å². The maximum Gasteiger partial charge on any atom is 0.407 e. The van der Waals surface area contributed by atoms with E-state index in [1.807, 2.05) is 30.3 Å². The predicted octanol–water partition coefficient (Wildman–Crippen LogP) is 4.04. The summed E-state index contributed by atoms with van der Waals surface area (Å²) < 4.78 is 10.7. The fourth-order valence-corrected chi connectivity index (χ4v) is 3.45. The fraction of sp³-hybridized carbons (Fsp3) is 0.632. The van der Waals surface area contributed by atoms with Crippen LogP contribution in [0.5, 0.6) is 0 Å². The molecule has 0 bridgehead atoms. The van der Waals surface area contributed by atoms with Crippen molar-refractivity contribution in [2.24, 2.45) is 5.92 Å². The van der Waals surface area contributed by atoms with Crippen LogP contribution in [-0.4, -0.2) is 24.8 Å². The van der Waals surface area contributed by atoms with Gasteiger partial charge in [0.25, 0.3) is 0 Å². The van der Waals surface area contributed by atoms with Gasteiger partial charge in [0.15, 0.2) is 0 Å². The lowest BCUT2D eigenvalue weighted by Gasteiger charge is -2.24. The van der Waals surface area contributed by atoms with E-state index in [9.17, 15) is 4.79 Å². The average Bonchev–Trinajstić information content (AvgIpc) is 3.43. The third kappa shape index (κ3) is 5.54. The number of nitrogens with one attached hydrogen (secondary N) is 1. The van der Waals surface area contributed by atoms with Gasteiger partial charge in [0, 0.05) is 0 Å². The molecule has 0 unspecified atom stereocenters. The monoisotopic (exact) mass is 317 g/mol. The molecule has 2 aliphatic rings. The predicted molar refractivity (Wildman–Crippen MR) is 89.1 cm³/mol. The standard InChI is InChI=1S/C19H27NO3/c21-19(23-13-16-9-5-2-6-10-16)20-17(18-14-22-18)12-11-15-7-3-1-4-8-15/h2,5-6,9-10,15,17-18H,1,3-4,7-8,11-14H2,(H,20,21)/t17-,18-/m1/s1. The first-order valence-electron chi connectivity index (χ1n) is 8.90. The van der Waals surface area contributed by atoms with Crippen LogP contribution < -0.4 is 5.32 Å². The molecule has 0 radical (unpaired) electrons. The second-order valence-electron chi connectivity index (χ2n) is 6.77. The fourth-order valence-electron chi connectivity index (χ4n) is 3.45. The molecular formula is C19H27NO3. The van der Waals surface area contributed by atoms with Gasteiger partial charge in [-0.25, -0.2) is 4.79 Å². The van der Waals surface area contributed by atoms with Crippen molar-refractivity contribution in [3.63, 3.8) is 0 Å². The maximum atomic E-state index is 12.0. The van der Waals surface area contributed by atoms with E-state index in [4.69, 9.17) is 9.47 Å². The Hall–Kier alpha value is -1.55. The Balaban J connectivity index is 1.40. The Bertz CT molecular complexity index is 481. The molecular weight excluding hydrogens is 290 g/mol. The molecule has 2 atom stereocenters. The highest BCUT2D eigenvalue weighted by atomic mass is 16.6. The molecule has 1 saturated heterocycles. The topological polar surface area (TPSA) is 50.9 Å². The molecule has 1 aliphatic carbocycles. The number of benzene rings is 1. The number of carbonyl (C=O) groups is 1. The van der Waals surface area contributed by atoms with Gasteiger partial charge in [0.1, 0.15) is 12.7 Å². The third-order valence-corrected chi connectivity index (χ3v) is 4.93. The summed E-state index contributed by atoms with van der Waals surface area (Å²) >= 11 is 0. The zero-order chi connectivity index (χ0) is 15.9.